The maximum Gasteiger partial charge on any atom is 0.420 e. The molecule has 1 unspecified atom stereocenters. The van der Waals surface area contributed by atoms with Gasteiger partial charge in [-0.15, -0.1) is 0 Å². The van der Waals surface area contributed by atoms with E-state index in [2.05, 4.69) is 0 Å². The van der Waals surface area contributed by atoms with E-state index >= 15 is 0 Å². The first-order valence-electron chi connectivity index (χ1n) is 4.77. The minimum absolute atomic E-state index is 0.0956. The Morgan fingerprint density at radius 3 is 2.59 bits per heavy atom. The zero-order chi connectivity index (χ0) is 13.1. The monoisotopic (exact) mass is 245 g/mol. The van der Waals surface area contributed by atoms with Crippen LogP contribution in [-0.4, -0.2) is 17.8 Å². The molecule has 1 atom stereocenters. The Bertz CT molecular complexity index is 435. The lowest BCUT2D eigenvalue weighted by Gasteiger charge is -2.14. The molecule has 17 heavy (non-hydrogen) atoms. The first-order valence-corrected chi connectivity index (χ1v) is 4.77. The van der Waals surface area contributed by atoms with Crippen molar-refractivity contribution in [3.63, 3.8) is 0 Å². The van der Waals surface area contributed by atoms with Crippen molar-refractivity contribution in [1.82, 2.24) is 0 Å². The van der Waals surface area contributed by atoms with Crippen LogP contribution in [0.4, 0.5) is 13.2 Å². The molecule has 0 aromatic heterocycles. The molecule has 0 heterocycles. The number of alkyl halides is 3. The largest absolute Gasteiger partial charge is 0.490 e. The van der Waals surface area contributed by atoms with E-state index < -0.39 is 23.6 Å². The molecule has 1 aromatic rings. The predicted octanol–water partition coefficient (Wildman–Crippen LogP) is 2.34. The molecule has 0 radical (unpaired) electrons. The van der Waals surface area contributed by atoms with Gasteiger partial charge in [0.05, 0.1) is 23.3 Å². The van der Waals surface area contributed by atoms with Gasteiger partial charge in [-0.25, -0.2) is 0 Å². The maximum absolute atomic E-state index is 12.6. The van der Waals surface area contributed by atoms with Gasteiger partial charge in [-0.2, -0.15) is 18.4 Å². The van der Waals surface area contributed by atoms with Gasteiger partial charge in [0.1, 0.15) is 12.4 Å². The van der Waals surface area contributed by atoms with Gasteiger partial charge in [0.2, 0.25) is 0 Å². The molecule has 6 heteroatoms. The summed E-state index contributed by atoms with van der Waals surface area (Å²) in [4.78, 5) is 0. The zero-order valence-corrected chi connectivity index (χ0v) is 8.95. The van der Waals surface area contributed by atoms with E-state index in [0.717, 1.165) is 12.1 Å². The van der Waals surface area contributed by atoms with E-state index in [-0.39, 0.29) is 12.2 Å². The van der Waals surface area contributed by atoms with Crippen LogP contribution in [0.15, 0.2) is 18.2 Å². The molecule has 0 bridgehead atoms. The molecular formula is C11H10F3NO2. The lowest BCUT2D eigenvalue weighted by Crippen LogP contribution is -2.16. The molecule has 0 aliphatic heterocycles. The number of nitrogens with zero attached hydrogens (tertiary/aromatic N) is 1. The van der Waals surface area contributed by atoms with Crippen molar-refractivity contribution in [2.24, 2.45) is 0 Å². The SMILES string of the molecule is CC(O)COc1ccc(C#N)cc1C(F)(F)F. The number of hydrogen-bond acceptors (Lipinski definition) is 3. The molecule has 1 N–H and O–H groups in total. The van der Waals surface area contributed by atoms with Crippen molar-refractivity contribution < 1.29 is 23.0 Å². The predicted molar refractivity (Wildman–Crippen MR) is 53.3 cm³/mol. The Kier molecular flexibility index (Phi) is 3.97. The summed E-state index contributed by atoms with van der Waals surface area (Å²) in [6, 6.07) is 4.65. The van der Waals surface area contributed by atoms with Crippen LogP contribution in [0.1, 0.15) is 18.1 Å². The molecule has 0 saturated carbocycles. The van der Waals surface area contributed by atoms with Crippen LogP contribution < -0.4 is 4.74 Å². The quantitative estimate of drug-likeness (QED) is 0.889. The summed E-state index contributed by atoms with van der Waals surface area (Å²) in [5.41, 5.74) is -1.11. The Labute approximate surface area is 96.1 Å². The third-order valence-corrected chi connectivity index (χ3v) is 1.89. The van der Waals surface area contributed by atoms with Crippen molar-refractivity contribution in [2.45, 2.75) is 19.2 Å². The maximum atomic E-state index is 12.6. The molecular weight excluding hydrogens is 235 g/mol. The summed E-state index contributed by atoms with van der Waals surface area (Å²) in [5.74, 6) is -0.391. The topological polar surface area (TPSA) is 53.2 Å². The van der Waals surface area contributed by atoms with Gasteiger partial charge in [0, 0.05) is 0 Å². The van der Waals surface area contributed by atoms with Crippen molar-refractivity contribution in [3.05, 3.63) is 29.3 Å². The highest BCUT2D eigenvalue weighted by molar-refractivity contribution is 5.43. The number of aliphatic hydroxyl groups is 1. The molecule has 3 nitrogen and oxygen atoms in total. The summed E-state index contributed by atoms with van der Waals surface area (Å²) >= 11 is 0. The number of rotatable bonds is 3. The summed E-state index contributed by atoms with van der Waals surface area (Å²) in [7, 11) is 0. The van der Waals surface area contributed by atoms with E-state index in [1.54, 1.807) is 6.07 Å². The van der Waals surface area contributed by atoms with Crippen LogP contribution >= 0.6 is 0 Å². The minimum Gasteiger partial charge on any atom is -0.490 e. The highest BCUT2D eigenvalue weighted by atomic mass is 19.4. The van der Waals surface area contributed by atoms with Gasteiger partial charge < -0.3 is 9.84 Å². The highest BCUT2D eigenvalue weighted by Gasteiger charge is 2.34. The number of halogens is 3. The summed E-state index contributed by atoms with van der Waals surface area (Å²) in [6.45, 7) is 1.16. The lowest BCUT2D eigenvalue weighted by molar-refractivity contribution is -0.139. The molecule has 92 valence electrons. The number of benzene rings is 1. The normalized spacial score (nSPS) is 12.9. The Hall–Kier alpha value is -1.74. The van der Waals surface area contributed by atoms with Crippen LogP contribution in [0.2, 0.25) is 0 Å². The van der Waals surface area contributed by atoms with Crippen LogP contribution in [0.3, 0.4) is 0 Å². The third kappa shape index (κ3) is 3.64. The molecule has 0 saturated heterocycles. The van der Waals surface area contributed by atoms with E-state index in [9.17, 15) is 13.2 Å². The highest BCUT2D eigenvalue weighted by Crippen LogP contribution is 2.36. The first-order chi connectivity index (χ1) is 7.84. The van der Waals surface area contributed by atoms with E-state index in [1.165, 1.54) is 13.0 Å². The molecule has 0 aliphatic carbocycles. The van der Waals surface area contributed by atoms with Crippen molar-refractivity contribution in [3.8, 4) is 11.8 Å². The van der Waals surface area contributed by atoms with Gasteiger partial charge in [-0.05, 0) is 25.1 Å². The van der Waals surface area contributed by atoms with E-state index in [4.69, 9.17) is 15.1 Å². The van der Waals surface area contributed by atoms with Crippen LogP contribution in [0.5, 0.6) is 5.75 Å². The van der Waals surface area contributed by atoms with Crippen molar-refractivity contribution in [2.75, 3.05) is 6.61 Å². The Balaban J connectivity index is 3.08. The molecule has 1 rings (SSSR count). The van der Waals surface area contributed by atoms with Gasteiger partial charge in [0.15, 0.2) is 0 Å². The average Bonchev–Trinajstić information content (AvgIpc) is 2.24. The molecule has 0 fully saturated rings. The second-order valence-corrected chi connectivity index (χ2v) is 3.48. The molecule has 0 amide bonds. The number of aliphatic hydroxyl groups excluding tert-OH is 1. The fourth-order valence-corrected chi connectivity index (χ4v) is 1.16. The standard InChI is InChI=1S/C11H10F3NO2/c1-7(16)6-17-10-3-2-8(5-15)4-9(10)11(12,13)14/h2-4,7,16H,6H2,1H3. The lowest BCUT2D eigenvalue weighted by atomic mass is 10.1. The number of nitriles is 1. The molecule has 0 aliphatic rings. The Morgan fingerprint density at radius 1 is 1.47 bits per heavy atom. The van der Waals surface area contributed by atoms with Crippen molar-refractivity contribution in [1.29, 1.82) is 5.26 Å². The van der Waals surface area contributed by atoms with Gasteiger partial charge in [-0.3, -0.25) is 0 Å². The summed E-state index contributed by atoms with van der Waals surface area (Å²) in [5, 5.41) is 17.5. The van der Waals surface area contributed by atoms with Gasteiger partial charge in [0.25, 0.3) is 0 Å². The Morgan fingerprint density at radius 2 is 2.12 bits per heavy atom. The van der Waals surface area contributed by atoms with Gasteiger partial charge in [-0.1, -0.05) is 0 Å². The molecule has 1 aromatic carbocycles. The second kappa shape index (κ2) is 5.06. The van der Waals surface area contributed by atoms with Crippen LogP contribution in [0.25, 0.3) is 0 Å². The number of hydrogen-bond donors (Lipinski definition) is 1. The zero-order valence-electron chi connectivity index (χ0n) is 8.95. The van der Waals surface area contributed by atoms with Gasteiger partial charge >= 0.3 is 6.18 Å². The average molecular weight is 245 g/mol. The van der Waals surface area contributed by atoms with E-state index in [1.807, 2.05) is 0 Å². The molecule has 0 spiro atoms. The first kappa shape index (κ1) is 13.3. The summed E-state index contributed by atoms with van der Waals surface area (Å²) < 4.78 is 42.8. The third-order valence-electron chi connectivity index (χ3n) is 1.89. The van der Waals surface area contributed by atoms with E-state index in [0.29, 0.717) is 0 Å². The van der Waals surface area contributed by atoms with Crippen LogP contribution in [0, 0.1) is 11.3 Å². The van der Waals surface area contributed by atoms with Crippen molar-refractivity contribution >= 4 is 0 Å². The summed E-state index contributed by atoms with van der Waals surface area (Å²) in [6.07, 6.45) is -5.47. The minimum atomic E-state index is -4.60. The fraction of sp³-hybridized carbons (Fsp3) is 0.364. The second-order valence-electron chi connectivity index (χ2n) is 3.48. The smallest absolute Gasteiger partial charge is 0.420 e. The fourth-order valence-electron chi connectivity index (χ4n) is 1.16. The number of ether oxygens (including phenoxy) is 1. The van der Waals surface area contributed by atoms with Crippen LogP contribution in [-0.2, 0) is 6.18 Å².